The number of hydrogen-bond donors (Lipinski definition) is 2. The first-order valence-electron chi connectivity index (χ1n) is 8.50. The second kappa shape index (κ2) is 8.11. The van der Waals surface area contributed by atoms with Gasteiger partial charge in [-0.3, -0.25) is 4.79 Å². The average molecular weight is 429 g/mol. The summed E-state index contributed by atoms with van der Waals surface area (Å²) in [5.41, 5.74) is 0.0279. The van der Waals surface area contributed by atoms with Gasteiger partial charge in [-0.15, -0.1) is 0 Å². The number of Topliss-reactive ketones (excluding diaryl/α,β-unsaturated/α-hetero) is 1. The quantitative estimate of drug-likeness (QED) is 0.319. The van der Waals surface area contributed by atoms with Crippen LogP contribution in [0.25, 0.3) is 0 Å². The molecule has 0 spiro atoms. The number of esters is 2. The van der Waals surface area contributed by atoms with E-state index in [-0.39, 0.29) is 39.2 Å². The summed E-state index contributed by atoms with van der Waals surface area (Å²) < 4.78 is 10.0. The van der Waals surface area contributed by atoms with E-state index in [1.807, 2.05) is 20.8 Å². The zero-order chi connectivity index (χ0) is 21.3. The number of benzene rings is 1. The molecule has 1 saturated heterocycles. The van der Waals surface area contributed by atoms with Crippen molar-refractivity contribution in [2.75, 3.05) is 11.9 Å². The maximum absolute atomic E-state index is 12.3. The SMILES string of the molecule is CC(C)(C)NCC(=O)c1cc(Cl)c(NC=C2C(=O)OC(C)(C)OC2=O)c(Cl)c1. The summed E-state index contributed by atoms with van der Waals surface area (Å²) in [6, 6.07) is 2.92. The number of nitrogens with one attached hydrogen (secondary N) is 2. The van der Waals surface area contributed by atoms with Gasteiger partial charge in [-0.2, -0.15) is 0 Å². The van der Waals surface area contributed by atoms with Crippen LogP contribution in [-0.4, -0.2) is 35.6 Å². The lowest BCUT2D eigenvalue weighted by Crippen LogP contribution is -2.42. The minimum atomic E-state index is -1.33. The summed E-state index contributed by atoms with van der Waals surface area (Å²) in [6.45, 7) is 8.87. The van der Waals surface area contributed by atoms with Crippen LogP contribution in [0.4, 0.5) is 5.69 Å². The largest absolute Gasteiger partial charge is 0.419 e. The molecule has 0 unspecified atom stereocenters. The highest BCUT2D eigenvalue weighted by Gasteiger charge is 2.39. The van der Waals surface area contributed by atoms with Crippen molar-refractivity contribution in [3.8, 4) is 0 Å². The van der Waals surface area contributed by atoms with Crippen LogP contribution in [0.5, 0.6) is 0 Å². The minimum Gasteiger partial charge on any atom is -0.419 e. The first-order valence-corrected chi connectivity index (χ1v) is 9.25. The lowest BCUT2D eigenvalue weighted by atomic mass is 10.1. The van der Waals surface area contributed by atoms with Crippen LogP contribution in [0.3, 0.4) is 0 Å². The molecule has 0 saturated carbocycles. The molecule has 0 radical (unpaired) electrons. The molecule has 1 aromatic rings. The van der Waals surface area contributed by atoms with Crippen LogP contribution in [0.2, 0.25) is 10.0 Å². The summed E-state index contributed by atoms with van der Waals surface area (Å²) >= 11 is 12.4. The molecule has 2 rings (SSSR count). The smallest absolute Gasteiger partial charge is 0.350 e. The minimum absolute atomic E-state index is 0.125. The van der Waals surface area contributed by atoms with Gasteiger partial charge in [0.25, 0.3) is 5.79 Å². The Balaban J connectivity index is 2.18. The van der Waals surface area contributed by atoms with Gasteiger partial charge in [0.1, 0.15) is 0 Å². The lowest BCUT2D eigenvalue weighted by Gasteiger charge is -2.29. The Morgan fingerprint density at radius 1 is 1.11 bits per heavy atom. The first kappa shape index (κ1) is 22.2. The van der Waals surface area contributed by atoms with Crippen molar-refractivity contribution in [2.24, 2.45) is 0 Å². The lowest BCUT2D eigenvalue weighted by molar-refractivity contribution is -0.222. The number of carbonyl (C=O) groups excluding carboxylic acids is 3. The Morgan fingerprint density at radius 3 is 2.07 bits per heavy atom. The molecule has 0 aliphatic carbocycles. The summed E-state index contributed by atoms with van der Waals surface area (Å²) in [5.74, 6) is -3.17. The van der Waals surface area contributed by atoms with Gasteiger partial charge in [-0.25, -0.2) is 9.59 Å². The normalized spacial score (nSPS) is 16.3. The molecule has 9 heteroatoms. The van der Waals surface area contributed by atoms with Crippen molar-refractivity contribution in [1.29, 1.82) is 0 Å². The van der Waals surface area contributed by atoms with E-state index in [0.29, 0.717) is 5.56 Å². The molecule has 0 aromatic heterocycles. The number of carbonyl (C=O) groups is 3. The number of cyclic esters (lactones) is 2. The highest BCUT2D eigenvalue weighted by molar-refractivity contribution is 6.39. The van der Waals surface area contributed by atoms with E-state index in [2.05, 4.69) is 10.6 Å². The fraction of sp³-hybridized carbons (Fsp3) is 0.421. The zero-order valence-electron chi connectivity index (χ0n) is 16.2. The van der Waals surface area contributed by atoms with Crippen molar-refractivity contribution < 1.29 is 23.9 Å². The average Bonchev–Trinajstić information content (AvgIpc) is 2.51. The topological polar surface area (TPSA) is 93.7 Å². The number of halogens is 2. The fourth-order valence-electron chi connectivity index (χ4n) is 2.24. The van der Waals surface area contributed by atoms with E-state index in [0.717, 1.165) is 6.20 Å². The molecule has 1 heterocycles. The van der Waals surface area contributed by atoms with Crippen LogP contribution in [-0.2, 0) is 19.1 Å². The molecule has 0 amide bonds. The van der Waals surface area contributed by atoms with Crippen LogP contribution >= 0.6 is 23.2 Å². The third kappa shape index (κ3) is 5.70. The fourth-order valence-corrected chi connectivity index (χ4v) is 2.84. The highest BCUT2D eigenvalue weighted by Crippen LogP contribution is 2.33. The molecule has 1 aromatic carbocycles. The summed E-state index contributed by atoms with van der Waals surface area (Å²) in [6.07, 6.45) is 1.11. The van der Waals surface area contributed by atoms with Gasteiger partial charge < -0.3 is 20.1 Å². The van der Waals surface area contributed by atoms with E-state index in [1.165, 1.54) is 26.0 Å². The maximum atomic E-state index is 12.3. The summed E-state index contributed by atoms with van der Waals surface area (Å²) in [4.78, 5) is 36.2. The number of ether oxygens (including phenoxy) is 2. The first-order chi connectivity index (χ1) is 12.8. The van der Waals surface area contributed by atoms with E-state index in [1.54, 1.807) is 0 Å². The van der Waals surface area contributed by atoms with Gasteiger partial charge in [-0.05, 0) is 32.9 Å². The highest BCUT2D eigenvalue weighted by atomic mass is 35.5. The molecule has 1 aliphatic heterocycles. The Labute approximate surface area is 173 Å². The van der Waals surface area contributed by atoms with E-state index in [4.69, 9.17) is 32.7 Å². The summed E-state index contributed by atoms with van der Waals surface area (Å²) in [7, 11) is 0. The molecule has 0 atom stereocenters. The molecule has 28 heavy (non-hydrogen) atoms. The van der Waals surface area contributed by atoms with Crippen LogP contribution in [0.1, 0.15) is 45.0 Å². The Bertz CT molecular complexity index is 811. The Kier molecular flexibility index (Phi) is 6.43. The molecular weight excluding hydrogens is 407 g/mol. The third-order valence-corrected chi connectivity index (χ3v) is 4.22. The Morgan fingerprint density at radius 2 is 1.61 bits per heavy atom. The van der Waals surface area contributed by atoms with Crippen molar-refractivity contribution in [2.45, 2.75) is 45.9 Å². The second-order valence-corrected chi connectivity index (χ2v) is 8.54. The maximum Gasteiger partial charge on any atom is 0.350 e. The van der Waals surface area contributed by atoms with Gasteiger partial charge in [0.2, 0.25) is 0 Å². The van der Waals surface area contributed by atoms with Gasteiger partial charge in [0, 0.05) is 31.1 Å². The number of rotatable bonds is 5. The zero-order valence-corrected chi connectivity index (χ0v) is 17.7. The predicted molar refractivity (Wildman–Crippen MR) is 107 cm³/mol. The van der Waals surface area contributed by atoms with Gasteiger partial charge in [0.05, 0.1) is 22.3 Å². The van der Waals surface area contributed by atoms with Gasteiger partial charge >= 0.3 is 11.9 Å². The molecule has 1 fully saturated rings. The van der Waals surface area contributed by atoms with Crippen molar-refractivity contribution >= 4 is 46.6 Å². The Hall–Kier alpha value is -2.09. The van der Waals surface area contributed by atoms with E-state index >= 15 is 0 Å². The molecule has 1 aliphatic rings. The standard InChI is InChI=1S/C19H22Cl2N2O5/c1-18(2,3)23-9-14(24)10-6-12(20)15(13(21)7-10)22-8-11-16(25)27-19(4,5)28-17(11)26/h6-8,22-23H,9H2,1-5H3. The van der Waals surface area contributed by atoms with Gasteiger partial charge in [0.15, 0.2) is 11.4 Å². The van der Waals surface area contributed by atoms with Crippen LogP contribution < -0.4 is 10.6 Å². The molecule has 152 valence electrons. The molecule has 2 N–H and O–H groups in total. The number of anilines is 1. The second-order valence-electron chi connectivity index (χ2n) is 7.72. The van der Waals surface area contributed by atoms with E-state index in [9.17, 15) is 14.4 Å². The summed E-state index contributed by atoms with van der Waals surface area (Å²) in [5, 5.41) is 6.11. The number of hydrogen-bond acceptors (Lipinski definition) is 7. The van der Waals surface area contributed by atoms with E-state index < -0.39 is 17.7 Å². The molecule has 0 bridgehead atoms. The monoisotopic (exact) mass is 428 g/mol. The third-order valence-electron chi connectivity index (χ3n) is 3.62. The predicted octanol–water partition coefficient (Wildman–Crippen LogP) is 3.70. The van der Waals surface area contributed by atoms with Gasteiger partial charge in [-0.1, -0.05) is 23.2 Å². The molecule has 7 nitrogen and oxygen atoms in total. The van der Waals surface area contributed by atoms with Crippen molar-refractivity contribution in [3.63, 3.8) is 0 Å². The van der Waals surface area contributed by atoms with Crippen LogP contribution in [0.15, 0.2) is 23.9 Å². The molecular formula is C19H22Cl2N2O5. The van der Waals surface area contributed by atoms with Crippen molar-refractivity contribution in [1.82, 2.24) is 5.32 Å². The number of ketones is 1. The van der Waals surface area contributed by atoms with Crippen LogP contribution in [0, 0.1) is 0 Å². The van der Waals surface area contributed by atoms with Crippen molar-refractivity contribution in [3.05, 3.63) is 39.5 Å².